The van der Waals surface area contributed by atoms with E-state index in [1.54, 1.807) is 0 Å². The number of benzene rings is 1. The average Bonchev–Trinajstić information content (AvgIpc) is 2.47. The van der Waals surface area contributed by atoms with Gasteiger partial charge >= 0.3 is 0 Å². The first-order valence-corrected chi connectivity index (χ1v) is 7.26. The first-order chi connectivity index (χ1) is 9.33. The van der Waals surface area contributed by atoms with Crippen molar-refractivity contribution < 1.29 is 9.47 Å². The summed E-state index contributed by atoms with van der Waals surface area (Å²) in [5, 5.41) is 0. The van der Waals surface area contributed by atoms with E-state index < -0.39 is 0 Å². The van der Waals surface area contributed by atoms with Gasteiger partial charge in [0.1, 0.15) is 0 Å². The summed E-state index contributed by atoms with van der Waals surface area (Å²) < 4.78 is 11.6. The SMILES string of the molecule is C=CCCc1ccc(C2OCC(CCC)CO2)cc1. The van der Waals surface area contributed by atoms with E-state index in [4.69, 9.17) is 9.47 Å². The van der Waals surface area contributed by atoms with Crippen LogP contribution in [0.15, 0.2) is 36.9 Å². The van der Waals surface area contributed by atoms with Gasteiger partial charge in [-0.15, -0.1) is 6.58 Å². The molecule has 1 fully saturated rings. The summed E-state index contributed by atoms with van der Waals surface area (Å²) in [5.74, 6) is 0.563. The summed E-state index contributed by atoms with van der Waals surface area (Å²) in [4.78, 5) is 0. The molecule has 1 aliphatic heterocycles. The molecule has 0 radical (unpaired) electrons. The molecule has 0 saturated carbocycles. The molecule has 2 nitrogen and oxygen atoms in total. The molecule has 0 aliphatic carbocycles. The number of rotatable bonds is 6. The maximum Gasteiger partial charge on any atom is 0.183 e. The van der Waals surface area contributed by atoms with Gasteiger partial charge < -0.3 is 9.47 Å². The molecule has 0 spiro atoms. The molecule has 0 amide bonds. The largest absolute Gasteiger partial charge is 0.348 e. The monoisotopic (exact) mass is 260 g/mol. The minimum atomic E-state index is -0.179. The van der Waals surface area contributed by atoms with Gasteiger partial charge in [0.25, 0.3) is 0 Å². The van der Waals surface area contributed by atoms with Gasteiger partial charge in [-0.05, 0) is 24.8 Å². The standard InChI is InChI=1S/C17H24O2/c1-3-5-7-14-8-10-16(11-9-14)17-18-12-15(6-4-2)13-19-17/h3,8-11,15,17H,1,4-7,12-13H2,2H3. The van der Waals surface area contributed by atoms with Crippen LogP contribution in [0.25, 0.3) is 0 Å². The molecule has 0 atom stereocenters. The van der Waals surface area contributed by atoms with Crippen molar-refractivity contribution in [2.24, 2.45) is 5.92 Å². The summed E-state index contributed by atoms with van der Waals surface area (Å²) in [6.07, 6.45) is 6.23. The molecule has 1 aromatic rings. The highest BCUT2D eigenvalue weighted by Gasteiger charge is 2.22. The van der Waals surface area contributed by atoms with Gasteiger partial charge in [-0.1, -0.05) is 43.7 Å². The molecule has 2 rings (SSSR count). The predicted molar refractivity (Wildman–Crippen MR) is 78.0 cm³/mol. The smallest absolute Gasteiger partial charge is 0.183 e. The van der Waals surface area contributed by atoms with Crippen molar-refractivity contribution in [3.05, 3.63) is 48.0 Å². The van der Waals surface area contributed by atoms with Crippen LogP contribution in [0.1, 0.15) is 43.6 Å². The number of allylic oxidation sites excluding steroid dienone is 1. The molecular formula is C17H24O2. The van der Waals surface area contributed by atoms with Crippen LogP contribution in [-0.4, -0.2) is 13.2 Å². The van der Waals surface area contributed by atoms with Crippen molar-refractivity contribution in [3.63, 3.8) is 0 Å². The van der Waals surface area contributed by atoms with Crippen LogP contribution < -0.4 is 0 Å². The van der Waals surface area contributed by atoms with E-state index in [2.05, 4.69) is 37.8 Å². The Labute approximate surface area is 116 Å². The number of ether oxygens (including phenoxy) is 2. The summed E-state index contributed by atoms with van der Waals surface area (Å²) >= 11 is 0. The van der Waals surface area contributed by atoms with Crippen molar-refractivity contribution in [2.75, 3.05) is 13.2 Å². The Morgan fingerprint density at radius 2 is 1.89 bits per heavy atom. The fourth-order valence-corrected chi connectivity index (χ4v) is 2.42. The van der Waals surface area contributed by atoms with Crippen molar-refractivity contribution in [1.29, 1.82) is 0 Å². The Morgan fingerprint density at radius 1 is 1.21 bits per heavy atom. The third-order valence-corrected chi connectivity index (χ3v) is 3.55. The zero-order valence-electron chi connectivity index (χ0n) is 11.8. The van der Waals surface area contributed by atoms with Gasteiger partial charge in [-0.2, -0.15) is 0 Å². The van der Waals surface area contributed by atoms with Gasteiger partial charge in [0.05, 0.1) is 13.2 Å². The lowest BCUT2D eigenvalue weighted by atomic mass is 10.0. The second kappa shape index (κ2) is 7.46. The molecule has 0 unspecified atom stereocenters. The Balaban J connectivity index is 1.87. The third kappa shape index (κ3) is 4.19. The van der Waals surface area contributed by atoms with E-state index in [9.17, 15) is 0 Å². The number of hydrogen-bond donors (Lipinski definition) is 0. The van der Waals surface area contributed by atoms with Gasteiger partial charge in [0, 0.05) is 11.5 Å². The minimum Gasteiger partial charge on any atom is -0.348 e. The molecule has 1 aliphatic rings. The maximum absolute atomic E-state index is 5.81. The Hall–Kier alpha value is -1.12. The van der Waals surface area contributed by atoms with E-state index in [-0.39, 0.29) is 6.29 Å². The van der Waals surface area contributed by atoms with Gasteiger partial charge in [0.2, 0.25) is 0 Å². The highest BCUT2D eigenvalue weighted by Crippen LogP contribution is 2.27. The van der Waals surface area contributed by atoms with Crippen molar-refractivity contribution >= 4 is 0 Å². The molecular weight excluding hydrogens is 236 g/mol. The molecule has 0 aromatic heterocycles. The molecule has 0 bridgehead atoms. The fourth-order valence-electron chi connectivity index (χ4n) is 2.42. The van der Waals surface area contributed by atoms with Crippen molar-refractivity contribution in [1.82, 2.24) is 0 Å². The maximum atomic E-state index is 5.81. The van der Waals surface area contributed by atoms with E-state index in [0.29, 0.717) is 5.92 Å². The van der Waals surface area contributed by atoms with Crippen LogP contribution >= 0.6 is 0 Å². The van der Waals surface area contributed by atoms with E-state index in [1.807, 2.05) is 6.08 Å². The zero-order chi connectivity index (χ0) is 13.5. The van der Waals surface area contributed by atoms with Crippen LogP contribution in [0.4, 0.5) is 0 Å². The summed E-state index contributed by atoms with van der Waals surface area (Å²) in [7, 11) is 0. The molecule has 1 heterocycles. The summed E-state index contributed by atoms with van der Waals surface area (Å²) in [5.41, 5.74) is 2.46. The molecule has 2 heteroatoms. The quantitative estimate of drug-likeness (QED) is 0.711. The normalized spacial score (nSPS) is 23.2. The van der Waals surface area contributed by atoms with Crippen LogP contribution in [0, 0.1) is 5.92 Å². The third-order valence-electron chi connectivity index (χ3n) is 3.55. The van der Waals surface area contributed by atoms with E-state index in [1.165, 1.54) is 18.4 Å². The van der Waals surface area contributed by atoms with Crippen LogP contribution in [0.5, 0.6) is 0 Å². The molecule has 0 N–H and O–H groups in total. The first kappa shape index (κ1) is 14.3. The van der Waals surface area contributed by atoms with Gasteiger partial charge in [-0.3, -0.25) is 0 Å². The van der Waals surface area contributed by atoms with Crippen molar-refractivity contribution in [2.45, 2.75) is 38.9 Å². The van der Waals surface area contributed by atoms with Gasteiger partial charge in [-0.25, -0.2) is 0 Å². The zero-order valence-corrected chi connectivity index (χ0v) is 11.8. The van der Waals surface area contributed by atoms with E-state index >= 15 is 0 Å². The lowest BCUT2D eigenvalue weighted by Crippen LogP contribution is -2.26. The lowest BCUT2D eigenvalue weighted by Gasteiger charge is -2.29. The summed E-state index contributed by atoms with van der Waals surface area (Å²) in [6.45, 7) is 7.58. The molecule has 104 valence electrons. The molecule has 1 saturated heterocycles. The number of aryl methyl sites for hydroxylation is 1. The first-order valence-electron chi connectivity index (χ1n) is 7.26. The molecule has 1 aromatic carbocycles. The lowest BCUT2D eigenvalue weighted by molar-refractivity contribution is -0.206. The topological polar surface area (TPSA) is 18.5 Å². The van der Waals surface area contributed by atoms with Crippen LogP contribution in [0.3, 0.4) is 0 Å². The van der Waals surface area contributed by atoms with Crippen LogP contribution in [-0.2, 0) is 15.9 Å². The Bertz CT molecular complexity index is 375. The Morgan fingerprint density at radius 3 is 2.47 bits per heavy atom. The predicted octanol–water partition coefficient (Wildman–Crippen LogP) is 4.27. The highest BCUT2D eigenvalue weighted by molar-refractivity contribution is 5.24. The summed E-state index contributed by atoms with van der Waals surface area (Å²) in [6, 6.07) is 8.54. The van der Waals surface area contributed by atoms with Crippen LogP contribution in [0.2, 0.25) is 0 Å². The Kier molecular flexibility index (Phi) is 5.62. The molecule has 19 heavy (non-hydrogen) atoms. The van der Waals surface area contributed by atoms with Crippen molar-refractivity contribution in [3.8, 4) is 0 Å². The minimum absolute atomic E-state index is 0.179. The fraction of sp³-hybridized carbons (Fsp3) is 0.529. The number of hydrogen-bond acceptors (Lipinski definition) is 2. The second-order valence-corrected chi connectivity index (χ2v) is 5.22. The highest BCUT2D eigenvalue weighted by atomic mass is 16.7. The second-order valence-electron chi connectivity index (χ2n) is 5.22. The van der Waals surface area contributed by atoms with Gasteiger partial charge in [0.15, 0.2) is 6.29 Å². The van der Waals surface area contributed by atoms with E-state index in [0.717, 1.165) is 31.6 Å². The average molecular weight is 260 g/mol.